The molecule has 2 N–H and O–H groups in total. The minimum Gasteiger partial charge on any atom is -0.352 e. The number of hydrogen-bond donors (Lipinski definition) is 2. The number of hydrogen-bond acceptors (Lipinski definition) is 2. The van der Waals surface area contributed by atoms with Gasteiger partial charge in [-0.3, -0.25) is 0 Å². The summed E-state index contributed by atoms with van der Waals surface area (Å²) in [5.74, 6) is 0. The average Bonchev–Trinajstić information content (AvgIpc) is 2.34. The number of anilines is 4. The van der Waals surface area contributed by atoms with Gasteiger partial charge in [0.25, 0.3) is 0 Å². The molecule has 2 heteroatoms. The quantitative estimate of drug-likeness (QED) is 0.582. The van der Waals surface area contributed by atoms with E-state index in [4.69, 9.17) is 0 Å². The van der Waals surface area contributed by atoms with Gasteiger partial charge in [0, 0.05) is 0 Å². The summed E-state index contributed by atoms with van der Waals surface area (Å²) < 4.78 is 0. The molecule has 0 bridgehead atoms. The lowest BCUT2D eigenvalue weighted by molar-refractivity contribution is 0.590. The lowest BCUT2D eigenvalue weighted by Gasteiger charge is -2.26. The number of benzene rings is 2. The Labute approximate surface area is 114 Å². The van der Waals surface area contributed by atoms with Crippen molar-refractivity contribution in [3.05, 3.63) is 47.5 Å². The molecule has 2 aromatic rings. The summed E-state index contributed by atoms with van der Waals surface area (Å²) in [5, 5.41) is 7.02. The minimum absolute atomic E-state index is 0.171. The van der Waals surface area contributed by atoms with Crippen LogP contribution in [0.1, 0.15) is 31.9 Å². The second-order valence-electron chi connectivity index (χ2n) is 6.31. The Bertz CT molecular complexity index is 636. The first-order chi connectivity index (χ1) is 8.93. The molecule has 0 unspecified atom stereocenters. The second kappa shape index (κ2) is 4.02. The highest BCUT2D eigenvalue weighted by Crippen LogP contribution is 2.40. The van der Waals surface area contributed by atoms with Crippen LogP contribution in [0.2, 0.25) is 0 Å². The van der Waals surface area contributed by atoms with Crippen LogP contribution < -0.4 is 10.6 Å². The zero-order valence-electron chi connectivity index (χ0n) is 12.0. The Hall–Kier alpha value is -1.96. The molecule has 19 heavy (non-hydrogen) atoms. The van der Waals surface area contributed by atoms with Gasteiger partial charge in [-0.2, -0.15) is 0 Å². The van der Waals surface area contributed by atoms with Crippen molar-refractivity contribution in [2.24, 2.45) is 0 Å². The number of nitrogens with one attached hydrogen (secondary N) is 2. The summed E-state index contributed by atoms with van der Waals surface area (Å²) in [6.07, 6.45) is 0. The topological polar surface area (TPSA) is 24.1 Å². The van der Waals surface area contributed by atoms with Gasteiger partial charge in [0.2, 0.25) is 0 Å². The highest BCUT2D eigenvalue weighted by molar-refractivity contribution is 5.90. The van der Waals surface area contributed by atoms with Gasteiger partial charge in [-0.1, -0.05) is 32.9 Å². The third-order valence-corrected chi connectivity index (χ3v) is 3.60. The van der Waals surface area contributed by atoms with Crippen LogP contribution in [0.4, 0.5) is 22.7 Å². The third kappa shape index (κ3) is 2.19. The van der Waals surface area contributed by atoms with Crippen molar-refractivity contribution in [1.29, 1.82) is 0 Å². The van der Waals surface area contributed by atoms with Gasteiger partial charge in [-0.15, -0.1) is 0 Å². The molecule has 0 saturated heterocycles. The zero-order chi connectivity index (χ0) is 13.6. The molecule has 0 spiro atoms. The van der Waals surface area contributed by atoms with Crippen LogP contribution in [-0.2, 0) is 5.41 Å². The van der Waals surface area contributed by atoms with Crippen LogP contribution in [0.3, 0.4) is 0 Å². The van der Waals surface area contributed by atoms with Crippen LogP contribution in [0.25, 0.3) is 0 Å². The molecule has 0 amide bonds. The third-order valence-electron chi connectivity index (χ3n) is 3.60. The van der Waals surface area contributed by atoms with Crippen molar-refractivity contribution in [2.75, 3.05) is 10.6 Å². The molecular formula is C17H20N2. The van der Waals surface area contributed by atoms with Crippen LogP contribution >= 0.6 is 0 Å². The highest BCUT2D eigenvalue weighted by atomic mass is 15.0. The molecule has 1 aliphatic heterocycles. The Kier molecular flexibility index (Phi) is 2.56. The maximum atomic E-state index is 3.52. The summed E-state index contributed by atoms with van der Waals surface area (Å²) in [6.45, 7) is 8.83. The maximum Gasteiger partial charge on any atom is 0.0627 e. The van der Waals surface area contributed by atoms with E-state index in [1.54, 1.807) is 0 Å². The van der Waals surface area contributed by atoms with E-state index in [0.717, 1.165) is 22.7 Å². The van der Waals surface area contributed by atoms with Crippen molar-refractivity contribution >= 4 is 22.7 Å². The Morgan fingerprint density at radius 2 is 1.32 bits per heavy atom. The van der Waals surface area contributed by atoms with Crippen molar-refractivity contribution in [2.45, 2.75) is 33.1 Å². The fraction of sp³-hybridized carbons (Fsp3) is 0.294. The lowest BCUT2D eigenvalue weighted by Crippen LogP contribution is -2.13. The molecule has 1 heterocycles. The Morgan fingerprint density at radius 3 is 1.95 bits per heavy atom. The van der Waals surface area contributed by atoms with Crippen LogP contribution in [0.5, 0.6) is 0 Å². The van der Waals surface area contributed by atoms with Gasteiger partial charge in [0.15, 0.2) is 0 Å². The van der Waals surface area contributed by atoms with E-state index in [1.807, 2.05) is 0 Å². The number of aryl methyl sites for hydroxylation is 1. The highest BCUT2D eigenvalue weighted by Gasteiger charge is 2.18. The monoisotopic (exact) mass is 252 g/mol. The van der Waals surface area contributed by atoms with E-state index in [9.17, 15) is 0 Å². The van der Waals surface area contributed by atoms with Crippen molar-refractivity contribution in [3.63, 3.8) is 0 Å². The van der Waals surface area contributed by atoms with Crippen molar-refractivity contribution < 1.29 is 0 Å². The van der Waals surface area contributed by atoms with E-state index < -0.39 is 0 Å². The molecular weight excluding hydrogens is 232 g/mol. The molecule has 2 aromatic carbocycles. The summed E-state index contributed by atoms with van der Waals surface area (Å²) in [6, 6.07) is 13.0. The molecule has 0 atom stereocenters. The minimum atomic E-state index is 0.171. The second-order valence-corrected chi connectivity index (χ2v) is 6.31. The standard InChI is InChI=1S/C17H20N2/c1-11-5-7-13-15(9-11)18-14-8-6-12(17(2,3)4)10-16(14)19-13/h5-10,18-19H,1-4H3. The van der Waals surface area contributed by atoms with Crippen molar-refractivity contribution in [3.8, 4) is 0 Å². The molecule has 1 aliphatic rings. The SMILES string of the molecule is Cc1ccc2c(c1)Nc1ccc(C(C)(C)C)cc1N2. The molecule has 98 valence electrons. The lowest BCUT2D eigenvalue weighted by atomic mass is 9.86. The van der Waals surface area contributed by atoms with Gasteiger partial charge in [-0.25, -0.2) is 0 Å². The normalized spacial score (nSPS) is 13.1. The van der Waals surface area contributed by atoms with Gasteiger partial charge >= 0.3 is 0 Å². The number of rotatable bonds is 0. The van der Waals surface area contributed by atoms with E-state index in [0.29, 0.717) is 0 Å². The van der Waals surface area contributed by atoms with E-state index in [1.165, 1.54) is 11.1 Å². The molecule has 0 radical (unpaired) electrons. The first kappa shape index (κ1) is 12.1. The van der Waals surface area contributed by atoms with E-state index in [2.05, 4.69) is 74.7 Å². The summed E-state index contributed by atoms with van der Waals surface area (Å²) in [5.41, 5.74) is 7.37. The predicted octanol–water partition coefficient (Wildman–Crippen LogP) is 5.09. The van der Waals surface area contributed by atoms with E-state index in [-0.39, 0.29) is 5.41 Å². The van der Waals surface area contributed by atoms with Gasteiger partial charge < -0.3 is 10.6 Å². The van der Waals surface area contributed by atoms with Gasteiger partial charge in [-0.05, 0) is 47.7 Å². The summed E-state index contributed by atoms with van der Waals surface area (Å²) in [7, 11) is 0. The first-order valence-corrected chi connectivity index (χ1v) is 6.73. The Balaban J connectivity index is 2.03. The molecule has 2 nitrogen and oxygen atoms in total. The fourth-order valence-electron chi connectivity index (χ4n) is 2.38. The maximum absolute atomic E-state index is 3.52. The summed E-state index contributed by atoms with van der Waals surface area (Å²) in [4.78, 5) is 0. The van der Waals surface area contributed by atoms with Crippen molar-refractivity contribution in [1.82, 2.24) is 0 Å². The van der Waals surface area contributed by atoms with E-state index >= 15 is 0 Å². The fourth-order valence-corrected chi connectivity index (χ4v) is 2.38. The largest absolute Gasteiger partial charge is 0.352 e. The summed E-state index contributed by atoms with van der Waals surface area (Å²) >= 11 is 0. The van der Waals surface area contributed by atoms with Gasteiger partial charge in [0.1, 0.15) is 0 Å². The average molecular weight is 252 g/mol. The predicted molar refractivity (Wildman–Crippen MR) is 82.9 cm³/mol. The van der Waals surface area contributed by atoms with Crippen LogP contribution in [0.15, 0.2) is 36.4 Å². The molecule has 0 aromatic heterocycles. The number of fused-ring (bicyclic) bond motifs is 2. The smallest absolute Gasteiger partial charge is 0.0627 e. The first-order valence-electron chi connectivity index (χ1n) is 6.73. The molecule has 0 saturated carbocycles. The van der Waals surface area contributed by atoms with Crippen LogP contribution in [0, 0.1) is 6.92 Å². The molecule has 0 aliphatic carbocycles. The molecule has 3 rings (SSSR count). The Morgan fingerprint density at radius 1 is 0.737 bits per heavy atom. The zero-order valence-corrected chi connectivity index (χ0v) is 12.0. The van der Waals surface area contributed by atoms with Crippen LogP contribution in [-0.4, -0.2) is 0 Å². The van der Waals surface area contributed by atoms with Gasteiger partial charge in [0.05, 0.1) is 22.7 Å². The molecule has 0 fully saturated rings.